The molecule has 2 aliphatic rings. The number of rotatable bonds is 4. The summed E-state index contributed by atoms with van der Waals surface area (Å²) in [7, 11) is 0. The van der Waals surface area contributed by atoms with Gasteiger partial charge in [-0.25, -0.2) is 4.39 Å². The Morgan fingerprint density at radius 2 is 2.04 bits per heavy atom. The second-order valence-electron chi connectivity index (χ2n) is 6.87. The number of benzene rings is 1. The van der Waals surface area contributed by atoms with Crippen LogP contribution < -0.4 is 10.1 Å². The zero-order valence-electron chi connectivity index (χ0n) is 14.9. The van der Waals surface area contributed by atoms with Crippen LogP contribution in [0.4, 0.5) is 4.39 Å². The van der Waals surface area contributed by atoms with E-state index < -0.39 is 0 Å². The molecule has 2 atom stereocenters. The van der Waals surface area contributed by atoms with E-state index in [0.29, 0.717) is 51.3 Å². The Bertz CT molecular complexity index is 646. The molecule has 26 heavy (non-hydrogen) atoms. The lowest BCUT2D eigenvalue weighted by Gasteiger charge is -2.35. The largest absolute Gasteiger partial charge is 0.488 e. The Morgan fingerprint density at radius 3 is 2.73 bits per heavy atom. The number of carbonyl (C=O) groups excluding carboxylic acids is 2. The van der Waals surface area contributed by atoms with Crippen LogP contribution in [0.25, 0.3) is 0 Å². The number of hydrogen-bond acceptors (Lipinski definition) is 4. The molecule has 2 fully saturated rings. The molecular formula is C19H25FN2O4. The van der Waals surface area contributed by atoms with Crippen LogP contribution in [0.2, 0.25) is 0 Å². The van der Waals surface area contributed by atoms with Gasteiger partial charge < -0.3 is 19.7 Å². The summed E-state index contributed by atoms with van der Waals surface area (Å²) in [4.78, 5) is 25.8. The highest BCUT2D eigenvalue weighted by atomic mass is 19.1. The maximum atomic E-state index is 13.4. The first-order chi connectivity index (χ1) is 12.5. The van der Waals surface area contributed by atoms with Gasteiger partial charge in [-0.3, -0.25) is 9.59 Å². The van der Waals surface area contributed by atoms with Gasteiger partial charge in [-0.1, -0.05) is 6.07 Å². The Hall–Kier alpha value is -2.15. The number of carbonyl (C=O) groups is 2. The normalized spacial score (nSPS) is 24.2. The van der Waals surface area contributed by atoms with Crippen LogP contribution in [0, 0.1) is 11.7 Å². The van der Waals surface area contributed by atoms with Crippen molar-refractivity contribution in [3.8, 4) is 5.75 Å². The molecule has 0 saturated carbocycles. The van der Waals surface area contributed by atoms with Crippen molar-refractivity contribution in [1.82, 2.24) is 10.2 Å². The summed E-state index contributed by atoms with van der Waals surface area (Å²) in [6.07, 6.45) is 1.69. The summed E-state index contributed by atoms with van der Waals surface area (Å²) < 4.78 is 24.7. The minimum atomic E-state index is -0.354. The highest BCUT2D eigenvalue weighted by molar-refractivity contribution is 5.80. The van der Waals surface area contributed by atoms with Crippen molar-refractivity contribution in [2.24, 2.45) is 5.92 Å². The van der Waals surface area contributed by atoms with Gasteiger partial charge in [-0.15, -0.1) is 0 Å². The van der Waals surface area contributed by atoms with Crippen molar-refractivity contribution in [3.63, 3.8) is 0 Å². The lowest BCUT2D eigenvalue weighted by Crippen LogP contribution is -2.54. The van der Waals surface area contributed by atoms with Crippen LogP contribution >= 0.6 is 0 Å². The predicted octanol–water partition coefficient (Wildman–Crippen LogP) is 1.74. The molecule has 0 aromatic heterocycles. The van der Waals surface area contributed by atoms with Crippen LogP contribution in [0.1, 0.15) is 26.2 Å². The third-order valence-corrected chi connectivity index (χ3v) is 5.02. The number of likely N-dealkylation sites (tertiary alicyclic amines) is 1. The predicted molar refractivity (Wildman–Crippen MR) is 93.2 cm³/mol. The quantitative estimate of drug-likeness (QED) is 0.884. The lowest BCUT2D eigenvalue weighted by molar-refractivity contribution is -0.135. The summed E-state index contributed by atoms with van der Waals surface area (Å²) in [5.74, 6) is 0.00489. The SMILES string of the molecule is CC(=O)N1CCC(C(=O)N[C@@H]2COCC[C@@H]2Oc2cccc(F)c2)CC1. The average Bonchev–Trinajstić information content (AvgIpc) is 2.63. The molecular weight excluding hydrogens is 339 g/mol. The number of hydrogen-bond donors (Lipinski definition) is 1. The molecule has 6 nitrogen and oxygen atoms in total. The second-order valence-corrected chi connectivity index (χ2v) is 6.87. The molecule has 3 rings (SSSR count). The number of amides is 2. The number of nitrogens with one attached hydrogen (secondary N) is 1. The third-order valence-electron chi connectivity index (χ3n) is 5.02. The summed E-state index contributed by atoms with van der Waals surface area (Å²) in [6, 6.07) is 5.73. The van der Waals surface area contributed by atoms with Gasteiger partial charge in [0.25, 0.3) is 0 Å². The standard InChI is InChI=1S/C19H25FN2O4/c1-13(23)22-8-5-14(6-9-22)19(24)21-17-12-25-10-7-18(17)26-16-4-2-3-15(20)11-16/h2-4,11,14,17-18H,5-10,12H2,1H3,(H,21,24)/t17-,18+/m1/s1. The molecule has 0 aliphatic carbocycles. The zero-order chi connectivity index (χ0) is 18.5. The highest BCUT2D eigenvalue weighted by Crippen LogP contribution is 2.21. The Labute approximate surface area is 152 Å². The molecule has 7 heteroatoms. The van der Waals surface area contributed by atoms with E-state index in [1.165, 1.54) is 12.1 Å². The summed E-state index contributed by atoms with van der Waals surface area (Å²) in [6.45, 7) is 3.69. The fraction of sp³-hybridized carbons (Fsp3) is 0.579. The summed E-state index contributed by atoms with van der Waals surface area (Å²) >= 11 is 0. The van der Waals surface area contributed by atoms with Crippen molar-refractivity contribution in [2.75, 3.05) is 26.3 Å². The minimum absolute atomic E-state index is 0.0310. The molecule has 2 saturated heterocycles. The van der Waals surface area contributed by atoms with E-state index in [1.54, 1.807) is 24.0 Å². The molecule has 0 radical (unpaired) electrons. The first-order valence-corrected chi connectivity index (χ1v) is 9.09. The molecule has 2 aliphatic heterocycles. The van der Waals surface area contributed by atoms with Crippen molar-refractivity contribution in [1.29, 1.82) is 0 Å². The van der Waals surface area contributed by atoms with Crippen molar-refractivity contribution in [3.05, 3.63) is 30.1 Å². The monoisotopic (exact) mass is 364 g/mol. The van der Waals surface area contributed by atoms with Crippen molar-refractivity contribution >= 4 is 11.8 Å². The van der Waals surface area contributed by atoms with Gasteiger partial charge >= 0.3 is 0 Å². The molecule has 0 unspecified atom stereocenters. The molecule has 1 aromatic rings. The van der Waals surface area contributed by atoms with Crippen molar-refractivity contribution < 1.29 is 23.5 Å². The fourth-order valence-electron chi connectivity index (χ4n) is 3.47. The van der Waals surface area contributed by atoms with Crippen LogP contribution in [0.3, 0.4) is 0 Å². The minimum Gasteiger partial charge on any atom is -0.488 e. The van der Waals surface area contributed by atoms with Gasteiger partial charge in [0.2, 0.25) is 11.8 Å². The van der Waals surface area contributed by atoms with Gasteiger partial charge in [0.1, 0.15) is 17.7 Å². The molecule has 142 valence electrons. The first-order valence-electron chi connectivity index (χ1n) is 9.09. The van der Waals surface area contributed by atoms with E-state index in [0.717, 1.165) is 0 Å². The molecule has 2 heterocycles. The Kier molecular flexibility index (Phi) is 6.08. The third kappa shape index (κ3) is 4.72. The topological polar surface area (TPSA) is 67.9 Å². The molecule has 1 aromatic carbocycles. The van der Waals surface area contributed by atoms with Gasteiger partial charge in [0.05, 0.1) is 19.3 Å². The summed E-state index contributed by atoms with van der Waals surface area (Å²) in [5.41, 5.74) is 0. The first kappa shape index (κ1) is 18.6. The Balaban J connectivity index is 1.56. The van der Waals surface area contributed by atoms with Crippen LogP contribution in [-0.2, 0) is 14.3 Å². The number of piperidine rings is 1. The van der Waals surface area contributed by atoms with E-state index in [2.05, 4.69) is 5.32 Å². The van der Waals surface area contributed by atoms with Gasteiger partial charge in [0.15, 0.2) is 0 Å². The smallest absolute Gasteiger partial charge is 0.223 e. The molecule has 1 N–H and O–H groups in total. The molecule has 0 bridgehead atoms. The maximum Gasteiger partial charge on any atom is 0.223 e. The summed E-state index contributed by atoms with van der Waals surface area (Å²) in [5, 5.41) is 3.03. The number of ether oxygens (including phenoxy) is 2. The van der Waals surface area contributed by atoms with E-state index in [4.69, 9.17) is 9.47 Å². The van der Waals surface area contributed by atoms with Crippen LogP contribution in [-0.4, -0.2) is 55.2 Å². The maximum absolute atomic E-state index is 13.4. The van der Waals surface area contributed by atoms with E-state index in [9.17, 15) is 14.0 Å². The highest BCUT2D eigenvalue weighted by Gasteiger charge is 2.32. The van der Waals surface area contributed by atoms with Gasteiger partial charge in [0, 0.05) is 38.4 Å². The fourth-order valence-corrected chi connectivity index (χ4v) is 3.47. The number of halogens is 1. The lowest BCUT2D eigenvalue weighted by atomic mass is 9.95. The molecule has 0 spiro atoms. The van der Waals surface area contributed by atoms with Crippen molar-refractivity contribution in [2.45, 2.75) is 38.3 Å². The van der Waals surface area contributed by atoms with Crippen LogP contribution in [0.5, 0.6) is 5.75 Å². The Morgan fingerprint density at radius 1 is 1.27 bits per heavy atom. The van der Waals surface area contributed by atoms with Crippen LogP contribution in [0.15, 0.2) is 24.3 Å². The van der Waals surface area contributed by atoms with Gasteiger partial charge in [-0.2, -0.15) is 0 Å². The zero-order valence-corrected chi connectivity index (χ0v) is 14.9. The molecule has 2 amide bonds. The van der Waals surface area contributed by atoms with Gasteiger partial charge in [-0.05, 0) is 25.0 Å². The van der Waals surface area contributed by atoms with E-state index in [1.807, 2.05) is 0 Å². The number of nitrogens with zero attached hydrogens (tertiary/aromatic N) is 1. The second kappa shape index (κ2) is 8.49. The van der Waals surface area contributed by atoms with E-state index in [-0.39, 0.29) is 35.7 Å². The average molecular weight is 364 g/mol. The van der Waals surface area contributed by atoms with E-state index >= 15 is 0 Å².